The Kier molecular flexibility index (Phi) is 5.94. The van der Waals surface area contributed by atoms with Gasteiger partial charge < -0.3 is 5.32 Å². The van der Waals surface area contributed by atoms with Gasteiger partial charge in [-0.3, -0.25) is 4.79 Å². The third-order valence-electron chi connectivity index (χ3n) is 3.24. The van der Waals surface area contributed by atoms with Gasteiger partial charge in [-0.05, 0) is 47.7 Å². The monoisotopic (exact) mass is 331 g/mol. The highest BCUT2D eigenvalue weighted by atomic mass is 35.5. The second-order valence-corrected chi connectivity index (χ2v) is 6.20. The largest absolute Gasteiger partial charge is 0.322 e. The van der Waals surface area contributed by atoms with Gasteiger partial charge in [0.05, 0.1) is 5.02 Å². The molecule has 0 radical (unpaired) electrons. The molecule has 120 valence electrons. The van der Waals surface area contributed by atoms with Gasteiger partial charge in [0.25, 0.3) is 0 Å². The van der Waals surface area contributed by atoms with Gasteiger partial charge in [-0.25, -0.2) is 4.39 Å². The summed E-state index contributed by atoms with van der Waals surface area (Å²) in [5, 5.41) is 2.62. The lowest BCUT2D eigenvalue weighted by Gasteiger charge is -2.05. The van der Waals surface area contributed by atoms with E-state index in [1.807, 2.05) is 12.1 Å². The number of benzene rings is 2. The van der Waals surface area contributed by atoms with Gasteiger partial charge in [0, 0.05) is 11.8 Å². The van der Waals surface area contributed by atoms with Gasteiger partial charge in [-0.15, -0.1) is 0 Å². The number of anilines is 1. The quantitative estimate of drug-likeness (QED) is 0.737. The van der Waals surface area contributed by atoms with Crippen molar-refractivity contribution in [3.8, 4) is 0 Å². The lowest BCUT2D eigenvalue weighted by Crippen LogP contribution is -2.07. The molecule has 2 aromatic carbocycles. The Labute approximate surface area is 141 Å². The van der Waals surface area contributed by atoms with Crippen molar-refractivity contribution in [1.82, 2.24) is 0 Å². The van der Waals surface area contributed by atoms with Crippen LogP contribution in [-0.2, 0) is 11.2 Å². The highest BCUT2D eigenvalue weighted by Gasteiger charge is 2.03. The molecule has 0 aliphatic heterocycles. The van der Waals surface area contributed by atoms with Crippen LogP contribution in [0.15, 0.2) is 48.5 Å². The third kappa shape index (κ3) is 5.53. The number of amides is 1. The maximum absolute atomic E-state index is 13.1. The molecular weight excluding hydrogens is 313 g/mol. The van der Waals surface area contributed by atoms with Crippen LogP contribution in [0.1, 0.15) is 25.0 Å². The molecule has 23 heavy (non-hydrogen) atoms. The van der Waals surface area contributed by atoms with E-state index in [9.17, 15) is 9.18 Å². The first kappa shape index (κ1) is 17.2. The van der Waals surface area contributed by atoms with Gasteiger partial charge >= 0.3 is 0 Å². The molecule has 0 aliphatic rings. The van der Waals surface area contributed by atoms with Crippen LogP contribution in [0.4, 0.5) is 10.1 Å². The Morgan fingerprint density at radius 2 is 1.91 bits per heavy atom. The van der Waals surface area contributed by atoms with E-state index in [1.165, 1.54) is 29.8 Å². The minimum atomic E-state index is -0.512. The predicted octanol–water partition coefficient (Wildman–Crippen LogP) is 5.33. The molecule has 1 amide bonds. The van der Waals surface area contributed by atoms with E-state index in [0.717, 1.165) is 12.0 Å². The summed E-state index contributed by atoms with van der Waals surface area (Å²) in [5.41, 5.74) is 2.69. The topological polar surface area (TPSA) is 29.1 Å². The minimum Gasteiger partial charge on any atom is -0.322 e. The first-order chi connectivity index (χ1) is 10.9. The molecule has 0 aromatic heterocycles. The molecule has 0 fully saturated rings. The van der Waals surface area contributed by atoms with E-state index in [1.54, 1.807) is 6.08 Å². The van der Waals surface area contributed by atoms with Crippen molar-refractivity contribution >= 4 is 29.3 Å². The van der Waals surface area contributed by atoms with E-state index in [0.29, 0.717) is 11.6 Å². The molecule has 0 atom stereocenters. The number of carbonyl (C=O) groups is 1. The molecule has 0 saturated heterocycles. The van der Waals surface area contributed by atoms with E-state index in [2.05, 4.69) is 31.3 Å². The number of halogens is 2. The SMILES string of the molecule is CC(C)Cc1ccc(/C=C/C(=O)Nc2ccc(F)c(Cl)c2)cc1. The predicted molar refractivity (Wildman–Crippen MR) is 94.1 cm³/mol. The lowest BCUT2D eigenvalue weighted by atomic mass is 10.0. The summed E-state index contributed by atoms with van der Waals surface area (Å²) in [5.74, 6) is -0.190. The summed E-state index contributed by atoms with van der Waals surface area (Å²) in [7, 11) is 0. The lowest BCUT2D eigenvalue weighted by molar-refractivity contribution is -0.111. The molecule has 0 heterocycles. The van der Waals surface area contributed by atoms with Crippen molar-refractivity contribution in [2.24, 2.45) is 5.92 Å². The van der Waals surface area contributed by atoms with Gasteiger partial charge in [-0.1, -0.05) is 49.7 Å². The fourth-order valence-electron chi connectivity index (χ4n) is 2.17. The first-order valence-electron chi connectivity index (χ1n) is 7.47. The average Bonchev–Trinajstić information content (AvgIpc) is 2.50. The molecule has 0 spiro atoms. The van der Waals surface area contributed by atoms with E-state index in [-0.39, 0.29) is 10.9 Å². The van der Waals surface area contributed by atoms with Gasteiger partial charge in [-0.2, -0.15) is 0 Å². The standard InChI is InChI=1S/C19H19ClFNO/c1-13(2)11-15-5-3-14(4-6-15)7-10-19(23)22-16-8-9-18(21)17(20)12-16/h3-10,12-13H,11H2,1-2H3,(H,22,23)/b10-7+. The van der Waals surface area contributed by atoms with E-state index < -0.39 is 5.82 Å². The normalized spacial score (nSPS) is 11.2. The number of hydrogen-bond donors (Lipinski definition) is 1. The molecule has 0 saturated carbocycles. The highest BCUT2D eigenvalue weighted by molar-refractivity contribution is 6.31. The number of hydrogen-bond acceptors (Lipinski definition) is 1. The second kappa shape index (κ2) is 7.93. The van der Waals surface area contributed by atoms with Crippen LogP contribution in [0.3, 0.4) is 0 Å². The molecule has 0 bridgehead atoms. The van der Waals surface area contributed by atoms with Crippen LogP contribution in [-0.4, -0.2) is 5.91 Å². The Hall–Kier alpha value is -2.13. The van der Waals surface area contributed by atoms with E-state index in [4.69, 9.17) is 11.6 Å². The second-order valence-electron chi connectivity index (χ2n) is 5.79. The number of rotatable bonds is 5. The molecule has 2 rings (SSSR count). The summed E-state index contributed by atoms with van der Waals surface area (Å²) in [6.45, 7) is 4.36. The Balaban J connectivity index is 1.96. The van der Waals surface area contributed by atoms with Crippen LogP contribution in [0.2, 0.25) is 5.02 Å². The molecule has 2 nitrogen and oxygen atoms in total. The van der Waals surface area contributed by atoms with Crippen molar-refractivity contribution in [1.29, 1.82) is 0 Å². The minimum absolute atomic E-state index is 0.0208. The summed E-state index contributed by atoms with van der Waals surface area (Å²) >= 11 is 5.68. The summed E-state index contributed by atoms with van der Waals surface area (Å²) in [4.78, 5) is 11.9. The third-order valence-corrected chi connectivity index (χ3v) is 3.53. The smallest absolute Gasteiger partial charge is 0.248 e. The molecular formula is C19H19ClFNO. The maximum Gasteiger partial charge on any atom is 0.248 e. The van der Waals surface area contributed by atoms with Crippen molar-refractivity contribution in [2.75, 3.05) is 5.32 Å². The van der Waals surface area contributed by atoms with Crippen LogP contribution < -0.4 is 5.32 Å². The Morgan fingerprint density at radius 1 is 1.22 bits per heavy atom. The van der Waals surface area contributed by atoms with Crippen molar-refractivity contribution in [3.05, 3.63) is 70.5 Å². The Morgan fingerprint density at radius 3 is 2.52 bits per heavy atom. The molecule has 1 N–H and O–H groups in total. The van der Waals surface area contributed by atoms with Crippen molar-refractivity contribution in [3.63, 3.8) is 0 Å². The van der Waals surface area contributed by atoms with Gasteiger partial charge in [0.1, 0.15) is 5.82 Å². The zero-order chi connectivity index (χ0) is 16.8. The van der Waals surface area contributed by atoms with Crippen LogP contribution in [0.25, 0.3) is 6.08 Å². The number of nitrogens with one attached hydrogen (secondary N) is 1. The first-order valence-corrected chi connectivity index (χ1v) is 7.85. The fraction of sp³-hybridized carbons (Fsp3) is 0.211. The Bertz CT molecular complexity index is 708. The van der Waals surface area contributed by atoms with E-state index >= 15 is 0 Å². The number of carbonyl (C=O) groups excluding carboxylic acids is 1. The maximum atomic E-state index is 13.1. The fourth-order valence-corrected chi connectivity index (χ4v) is 2.35. The van der Waals surface area contributed by atoms with Crippen LogP contribution in [0.5, 0.6) is 0 Å². The molecule has 4 heteroatoms. The van der Waals surface area contributed by atoms with Crippen LogP contribution in [0, 0.1) is 11.7 Å². The summed E-state index contributed by atoms with van der Waals surface area (Å²) in [6, 6.07) is 12.2. The molecule has 0 aliphatic carbocycles. The summed E-state index contributed by atoms with van der Waals surface area (Å²) < 4.78 is 13.1. The zero-order valence-corrected chi connectivity index (χ0v) is 13.9. The zero-order valence-electron chi connectivity index (χ0n) is 13.1. The molecule has 2 aromatic rings. The highest BCUT2D eigenvalue weighted by Crippen LogP contribution is 2.19. The van der Waals surface area contributed by atoms with Crippen LogP contribution >= 0.6 is 11.6 Å². The molecule has 0 unspecified atom stereocenters. The van der Waals surface area contributed by atoms with Crippen molar-refractivity contribution in [2.45, 2.75) is 20.3 Å². The summed E-state index contributed by atoms with van der Waals surface area (Å²) in [6.07, 6.45) is 4.21. The van der Waals surface area contributed by atoms with Gasteiger partial charge in [0.2, 0.25) is 5.91 Å². The van der Waals surface area contributed by atoms with Gasteiger partial charge in [0.15, 0.2) is 0 Å². The van der Waals surface area contributed by atoms with Crippen molar-refractivity contribution < 1.29 is 9.18 Å². The average molecular weight is 332 g/mol.